The average molecular weight is 280 g/mol. The Labute approximate surface area is 120 Å². The summed E-state index contributed by atoms with van der Waals surface area (Å²) in [6.45, 7) is 5.18. The van der Waals surface area contributed by atoms with Gasteiger partial charge in [0.25, 0.3) is 0 Å². The number of anilines is 1. The van der Waals surface area contributed by atoms with Crippen LogP contribution in [-0.4, -0.2) is 34.2 Å². The van der Waals surface area contributed by atoms with Crippen molar-refractivity contribution in [2.24, 2.45) is 0 Å². The van der Waals surface area contributed by atoms with E-state index in [0.29, 0.717) is 24.6 Å². The maximum Gasteiger partial charge on any atom is 0.324 e. The third kappa shape index (κ3) is 4.51. The van der Waals surface area contributed by atoms with Crippen LogP contribution in [0.15, 0.2) is 0 Å². The molecule has 0 saturated heterocycles. The van der Waals surface area contributed by atoms with Gasteiger partial charge in [-0.1, -0.05) is 12.8 Å². The third-order valence-corrected chi connectivity index (χ3v) is 3.28. The van der Waals surface area contributed by atoms with Crippen molar-refractivity contribution < 1.29 is 9.47 Å². The van der Waals surface area contributed by atoms with E-state index in [1.165, 1.54) is 25.7 Å². The van der Waals surface area contributed by atoms with Crippen LogP contribution in [0.5, 0.6) is 12.0 Å². The average Bonchev–Trinajstić information content (AvgIpc) is 2.68. The first-order valence-electron chi connectivity index (χ1n) is 7.61. The number of nitrogens with zero attached hydrogens (tertiary/aromatic N) is 3. The maximum atomic E-state index is 5.93. The van der Waals surface area contributed by atoms with E-state index < -0.39 is 0 Å². The molecule has 0 radical (unpaired) electrons. The van der Waals surface area contributed by atoms with Crippen LogP contribution in [0.1, 0.15) is 52.4 Å². The largest absolute Gasteiger partial charge is 0.464 e. The highest BCUT2D eigenvalue weighted by Crippen LogP contribution is 2.22. The standard InChI is InChI=1S/C14H24N4O2/c1-3-15-12-16-13(19-4-2)18-14(17-12)20-11-9-7-5-6-8-10-11/h11H,3-10H2,1-2H3,(H,15,16,17,18). The number of hydrogen-bond acceptors (Lipinski definition) is 6. The van der Waals surface area contributed by atoms with Gasteiger partial charge in [0.2, 0.25) is 5.95 Å². The van der Waals surface area contributed by atoms with Gasteiger partial charge in [0.15, 0.2) is 0 Å². The number of hydrogen-bond donors (Lipinski definition) is 1. The molecule has 1 aromatic rings. The molecule has 1 fully saturated rings. The SMILES string of the molecule is CCNc1nc(OCC)nc(OC2CCCCCC2)n1. The van der Waals surface area contributed by atoms with Gasteiger partial charge < -0.3 is 14.8 Å². The molecule has 1 saturated carbocycles. The number of rotatable bonds is 6. The molecule has 1 heterocycles. The molecular formula is C14H24N4O2. The van der Waals surface area contributed by atoms with E-state index in [9.17, 15) is 0 Å². The van der Waals surface area contributed by atoms with Crippen molar-refractivity contribution in [2.75, 3.05) is 18.5 Å². The topological polar surface area (TPSA) is 69.2 Å². The second kappa shape index (κ2) is 7.87. The van der Waals surface area contributed by atoms with E-state index in [0.717, 1.165) is 19.4 Å². The van der Waals surface area contributed by atoms with Gasteiger partial charge >= 0.3 is 12.0 Å². The Hall–Kier alpha value is -1.59. The van der Waals surface area contributed by atoms with Crippen LogP contribution in [0, 0.1) is 0 Å². The molecule has 1 aliphatic rings. The summed E-state index contributed by atoms with van der Waals surface area (Å²) in [6, 6.07) is 0.688. The highest BCUT2D eigenvalue weighted by molar-refractivity contribution is 5.27. The molecule has 0 atom stereocenters. The minimum atomic E-state index is 0.212. The summed E-state index contributed by atoms with van der Waals surface area (Å²) >= 11 is 0. The van der Waals surface area contributed by atoms with Gasteiger partial charge in [0, 0.05) is 6.54 Å². The molecule has 0 bridgehead atoms. The Morgan fingerprint density at radius 2 is 1.70 bits per heavy atom. The van der Waals surface area contributed by atoms with Crippen LogP contribution >= 0.6 is 0 Å². The van der Waals surface area contributed by atoms with E-state index in [1.807, 2.05) is 13.8 Å². The maximum absolute atomic E-state index is 5.93. The predicted molar refractivity (Wildman–Crippen MR) is 77.3 cm³/mol. The summed E-state index contributed by atoms with van der Waals surface area (Å²) in [6.07, 6.45) is 7.39. The van der Waals surface area contributed by atoms with Crippen LogP contribution in [0.25, 0.3) is 0 Å². The molecule has 6 nitrogen and oxygen atoms in total. The molecule has 0 unspecified atom stereocenters. The zero-order valence-electron chi connectivity index (χ0n) is 12.4. The van der Waals surface area contributed by atoms with Crippen LogP contribution in [-0.2, 0) is 0 Å². The first-order valence-corrected chi connectivity index (χ1v) is 7.61. The summed E-state index contributed by atoms with van der Waals surface area (Å²) in [5, 5.41) is 3.07. The molecule has 0 amide bonds. The fourth-order valence-electron chi connectivity index (χ4n) is 2.33. The zero-order chi connectivity index (χ0) is 14.2. The van der Waals surface area contributed by atoms with E-state index in [2.05, 4.69) is 20.3 Å². The Morgan fingerprint density at radius 3 is 2.35 bits per heavy atom. The Kier molecular flexibility index (Phi) is 5.83. The first kappa shape index (κ1) is 14.8. The zero-order valence-corrected chi connectivity index (χ0v) is 12.4. The lowest BCUT2D eigenvalue weighted by atomic mass is 10.2. The van der Waals surface area contributed by atoms with Gasteiger partial charge in [-0.25, -0.2) is 0 Å². The second-order valence-electron chi connectivity index (χ2n) is 4.92. The summed E-state index contributed by atoms with van der Waals surface area (Å²) in [5.41, 5.74) is 0. The molecule has 2 rings (SSSR count). The van der Waals surface area contributed by atoms with E-state index in [4.69, 9.17) is 9.47 Å². The number of ether oxygens (including phenoxy) is 2. The lowest BCUT2D eigenvalue weighted by molar-refractivity contribution is 0.164. The van der Waals surface area contributed by atoms with Crippen LogP contribution in [0.2, 0.25) is 0 Å². The summed E-state index contributed by atoms with van der Waals surface area (Å²) in [4.78, 5) is 12.7. The van der Waals surface area contributed by atoms with Crippen molar-refractivity contribution in [3.05, 3.63) is 0 Å². The molecule has 6 heteroatoms. The normalized spacial score (nSPS) is 16.5. The highest BCUT2D eigenvalue weighted by atomic mass is 16.5. The molecule has 0 aromatic carbocycles. The van der Waals surface area contributed by atoms with Gasteiger partial charge in [0.05, 0.1) is 6.61 Å². The van der Waals surface area contributed by atoms with E-state index in [-0.39, 0.29) is 6.10 Å². The van der Waals surface area contributed by atoms with Gasteiger partial charge in [-0.2, -0.15) is 9.97 Å². The fraction of sp³-hybridized carbons (Fsp3) is 0.786. The van der Waals surface area contributed by atoms with E-state index in [1.54, 1.807) is 0 Å². The monoisotopic (exact) mass is 280 g/mol. The van der Waals surface area contributed by atoms with Crippen molar-refractivity contribution in [3.8, 4) is 12.0 Å². The lowest BCUT2D eigenvalue weighted by Gasteiger charge is -2.16. The lowest BCUT2D eigenvalue weighted by Crippen LogP contribution is -2.18. The Bertz CT molecular complexity index is 382. The Morgan fingerprint density at radius 1 is 1.00 bits per heavy atom. The van der Waals surface area contributed by atoms with Crippen molar-refractivity contribution in [1.82, 2.24) is 15.0 Å². The van der Waals surface area contributed by atoms with Crippen LogP contribution < -0.4 is 14.8 Å². The van der Waals surface area contributed by atoms with Gasteiger partial charge in [0.1, 0.15) is 6.10 Å². The molecular weight excluding hydrogens is 256 g/mol. The number of nitrogens with one attached hydrogen (secondary N) is 1. The Balaban J connectivity index is 2.07. The fourth-order valence-corrected chi connectivity index (χ4v) is 2.33. The van der Waals surface area contributed by atoms with Crippen molar-refractivity contribution in [2.45, 2.75) is 58.5 Å². The summed E-state index contributed by atoms with van der Waals surface area (Å²) in [7, 11) is 0. The molecule has 20 heavy (non-hydrogen) atoms. The van der Waals surface area contributed by atoms with Gasteiger partial charge in [-0.3, -0.25) is 0 Å². The number of aromatic nitrogens is 3. The van der Waals surface area contributed by atoms with Crippen molar-refractivity contribution >= 4 is 5.95 Å². The molecule has 1 aliphatic carbocycles. The van der Waals surface area contributed by atoms with Crippen molar-refractivity contribution in [3.63, 3.8) is 0 Å². The predicted octanol–water partition coefficient (Wildman–Crippen LogP) is 2.80. The van der Waals surface area contributed by atoms with Gasteiger partial charge in [-0.05, 0) is 39.5 Å². The summed E-state index contributed by atoms with van der Waals surface area (Å²) < 4.78 is 11.3. The van der Waals surface area contributed by atoms with Crippen LogP contribution in [0.3, 0.4) is 0 Å². The minimum Gasteiger partial charge on any atom is -0.464 e. The van der Waals surface area contributed by atoms with Crippen LogP contribution in [0.4, 0.5) is 5.95 Å². The summed E-state index contributed by atoms with van der Waals surface area (Å²) in [5.74, 6) is 0.509. The third-order valence-electron chi connectivity index (χ3n) is 3.28. The molecule has 0 aliphatic heterocycles. The molecule has 0 spiro atoms. The second-order valence-corrected chi connectivity index (χ2v) is 4.92. The molecule has 1 aromatic heterocycles. The van der Waals surface area contributed by atoms with E-state index >= 15 is 0 Å². The minimum absolute atomic E-state index is 0.212. The molecule has 1 N–H and O–H groups in total. The first-order chi connectivity index (χ1) is 9.81. The quantitative estimate of drug-likeness (QED) is 0.808. The highest BCUT2D eigenvalue weighted by Gasteiger charge is 2.16. The smallest absolute Gasteiger partial charge is 0.324 e. The van der Waals surface area contributed by atoms with Gasteiger partial charge in [-0.15, -0.1) is 4.98 Å². The molecule has 112 valence electrons. The van der Waals surface area contributed by atoms with Crippen molar-refractivity contribution in [1.29, 1.82) is 0 Å².